The van der Waals surface area contributed by atoms with Crippen molar-refractivity contribution < 1.29 is 9.90 Å². The Labute approximate surface area is 119 Å². The van der Waals surface area contributed by atoms with Crippen LogP contribution in [0.4, 0.5) is 5.69 Å². The number of carboxylic acid groups (broad SMARTS) is 1. The standard InChI is InChI=1S/C15H20ClNO2/c1-3-5-11-17(4-2)14-8-6-7-13(16)12(14)9-10-15(18)19/h6-10H,3-5,11H2,1-2H3,(H,18,19)/b10-9+. The van der Waals surface area contributed by atoms with Crippen molar-refractivity contribution in [1.82, 2.24) is 0 Å². The molecule has 0 atom stereocenters. The number of aliphatic carboxylic acids is 1. The van der Waals surface area contributed by atoms with Crippen LogP contribution in [0.15, 0.2) is 24.3 Å². The Bertz CT molecular complexity index is 457. The maximum Gasteiger partial charge on any atom is 0.328 e. The summed E-state index contributed by atoms with van der Waals surface area (Å²) in [5.41, 5.74) is 1.76. The van der Waals surface area contributed by atoms with Crippen LogP contribution >= 0.6 is 11.6 Å². The zero-order chi connectivity index (χ0) is 14.3. The number of nitrogens with zero attached hydrogens (tertiary/aromatic N) is 1. The highest BCUT2D eigenvalue weighted by Gasteiger charge is 2.10. The zero-order valence-corrected chi connectivity index (χ0v) is 12.2. The van der Waals surface area contributed by atoms with E-state index in [4.69, 9.17) is 16.7 Å². The Balaban J connectivity index is 3.10. The minimum absolute atomic E-state index is 0.574. The van der Waals surface area contributed by atoms with Crippen LogP contribution in [-0.2, 0) is 4.79 Å². The third kappa shape index (κ3) is 4.60. The molecule has 1 rings (SSSR count). The Kier molecular flexibility index (Phi) is 6.43. The van der Waals surface area contributed by atoms with Crippen molar-refractivity contribution in [2.75, 3.05) is 18.0 Å². The molecule has 0 fully saturated rings. The number of rotatable bonds is 7. The van der Waals surface area contributed by atoms with Gasteiger partial charge in [-0.25, -0.2) is 4.79 Å². The third-order valence-electron chi connectivity index (χ3n) is 2.93. The maximum atomic E-state index is 10.7. The molecule has 0 bridgehead atoms. The molecule has 4 heteroatoms. The first-order valence-corrected chi connectivity index (χ1v) is 6.92. The van der Waals surface area contributed by atoms with Crippen LogP contribution in [0, 0.1) is 0 Å². The van der Waals surface area contributed by atoms with E-state index < -0.39 is 5.97 Å². The number of carboxylic acids is 1. The Hall–Kier alpha value is -1.48. The first kappa shape index (κ1) is 15.6. The fraction of sp³-hybridized carbons (Fsp3) is 0.400. The first-order chi connectivity index (χ1) is 9.10. The van der Waals surface area contributed by atoms with Gasteiger partial charge in [0.05, 0.1) is 0 Å². The SMILES string of the molecule is CCCCN(CC)c1cccc(Cl)c1/C=C/C(=O)O. The predicted octanol–water partition coefficient (Wildman–Crippen LogP) is 4.06. The van der Waals surface area contributed by atoms with Crippen molar-refractivity contribution in [3.05, 3.63) is 34.9 Å². The monoisotopic (exact) mass is 281 g/mol. The molecule has 0 heterocycles. The summed E-state index contributed by atoms with van der Waals surface area (Å²) in [6.07, 6.45) is 4.91. The Morgan fingerprint density at radius 2 is 2.16 bits per heavy atom. The van der Waals surface area contributed by atoms with Crippen molar-refractivity contribution in [1.29, 1.82) is 0 Å². The molecule has 3 nitrogen and oxygen atoms in total. The largest absolute Gasteiger partial charge is 0.478 e. The number of unbranched alkanes of at least 4 members (excludes halogenated alkanes) is 1. The molecule has 19 heavy (non-hydrogen) atoms. The van der Waals surface area contributed by atoms with E-state index in [1.165, 1.54) is 0 Å². The van der Waals surface area contributed by atoms with Gasteiger partial charge in [-0.2, -0.15) is 0 Å². The molecule has 0 radical (unpaired) electrons. The molecule has 0 amide bonds. The van der Waals surface area contributed by atoms with Gasteiger partial charge in [0.1, 0.15) is 0 Å². The summed E-state index contributed by atoms with van der Waals surface area (Å²) in [4.78, 5) is 12.9. The van der Waals surface area contributed by atoms with Crippen LogP contribution in [-0.4, -0.2) is 24.2 Å². The van der Waals surface area contributed by atoms with E-state index in [2.05, 4.69) is 18.7 Å². The number of benzene rings is 1. The van der Waals surface area contributed by atoms with Gasteiger partial charge in [-0.05, 0) is 31.6 Å². The van der Waals surface area contributed by atoms with Crippen LogP contribution in [0.3, 0.4) is 0 Å². The van der Waals surface area contributed by atoms with Crippen LogP contribution in [0.5, 0.6) is 0 Å². The molecule has 0 spiro atoms. The van der Waals surface area contributed by atoms with Gasteiger partial charge in [0.2, 0.25) is 0 Å². The molecule has 1 N–H and O–H groups in total. The predicted molar refractivity (Wildman–Crippen MR) is 80.9 cm³/mol. The van der Waals surface area contributed by atoms with Gasteiger partial charge in [0, 0.05) is 35.4 Å². The Morgan fingerprint density at radius 1 is 1.42 bits per heavy atom. The summed E-state index contributed by atoms with van der Waals surface area (Å²) in [6.45, 7) is 6.05. The lowest BCUT2D eigenvalue weighted by atomic mass is 10.1. The summed E-state index contributed by atoms with van der Waals surface area (Å²) >= 11 is 6.18. The van der Waals surface area contributed by atoms with Crippen molar-refractivity contribution in [2.45, 2.75) is 26.7 Å². The summed E-state index contributed by atoms with van der Waals surface area (Å²) in [5.74, 6) is -0.970. The van der Waals surface area contributed by atoms with Crippen LogP contribution in [0.25, 0.3) is 6.08 Å². The number of anilines is 1. The molecular formula is C15H20ClNO2. The van der Waals surface area contributed by atoms with E-state index in [9.17, 15) is 4.79 Å². The summed E-state index contributed by atoms with van der Waals surface area (Å²) in [6, 6.07) is 5.65. The molecule has 0 saturated heterocycles. The molecule has 0 aliphatic carbocycles. The molecule has 1 aromatic carbocycles. The molecular weight excluding hydrogens is 262 g/mol. The first-order valence-electron chi connectivity index (χ1n) is 6.54. The molecule has 0 unspecified atom stereocenters. The highest BCUT2D eigenvalue weighted by molar-refractivity contribution is 6.32. The summed E-state index contributed by atoms with van der Waals surface area (Å²) < 4.78 is 0. The minimum Gasteiger partial charge on any atom is -0.478 e. The van der Waals surface area contributed by atoms with Crippen LogP contribution < -0.4 is 4.90 Å². The second kappa shape index (κ2) is 7.85. The fourth-order valence-corrected chi connectivity index (χ4v) is 2.15. The topological polar surface area (TPSA) is 40.5 Å². The van der Waals surface area contributed by atoms with Crippen LogP contribution in [0.2, 0.25) is 5.02 Å². The van der Waals surface area contributed by atoms with E-state index in [1.54, 1.807) is 12.1 Å². The van der Waals surface area contributed by atoms with E-state index in [1.807, 2.05) is 12.1 Å². The van der Waals surface area contributed by atoms with E-state index in [0.29, 0.717) is 5.02 Å². The summed E-state index contributed by atoms with van der Waals surface area (Å²) in [7, 11) is 0. The van der Waals surface area contributed by atoms with Gasteiger partial charge < -0.3 is 10.0 Å². The average Bonchev–Trinajstić information content (AvgIpc) is 2.38. The highest BCUT2D eigenvalue weighted by atomic mass is 35.5. The maximum absolute atomic E-state index is 10.7. The lowest BCUT2D eigenvalue weighted by Gasteiger charge is -2.25. The van der Waals surface area contributed by atoms with Gasteiger partial charge >= 0.3 is 5.97 Å². The lowest BCUT2D eigenvalue weighted by molar-refractivity contribution is -0.131. The van der Waals surface area contributed by atoms with E-state index in [0.717, 1.165) is 43.3 Å². The average molecular weight is 282 g/mol. The smallest absolute Gasteiger partial charge is 0.328 e. The van der Waals surface area contributed by atoms with Crippen molar-refractivity contribution in [2.24, 2.45) is 0 Å². The van der Waals surface area contributed by atoms with Crippen molar-refractivity contribution in [3.8, 4) is 0 Å². The van der Waals surface area contributed by atoms with E-state index in [-0.39, 0.29) is 0 Å². The lowest BCUT2D eigenvalue weighted by Crippen LogP contribution is -2.24. The number of hydrogen-bond acceptors (Lipinski definition) is 2. The van der Waals surface area contributed by atoms with Crippen molar-refractivity contribution in [3.63, 3.8) is 0 Å². The molecule has 104 valence electrons. The highest BCUT2D eigenvalue weighted by Crippen LogP contribution is 2.29. The third-order valence-corrected chi connectivity index (χ3v) is 3.26. The Morgan fingerprint density at radius 3 is 2.74 bits per heavy atom. The van der Waals surface area contributed by atoms with Gasteiger partial charge in [-0.3, -0.25) is 0 Å². The minimum atomic E-state index is -0.970. The number of hydrogen-bond donors (Lipinski definition) is 1. The molecule has 0 saturated carbocycles. The molecule has 1 aromatic rings. The quantitative estimate of drug-likeness (QED) is 0.766. The second-order valence-electron chi connectivity index (χ2n) is 4.28. The molecule has 0 aromatic heterocycles. The zero-order valence-electron chi connectivity index (χ0n) is 11.4. The fourth-order valence-electron chi connectivity index (χ4n) is 1.92. The van der Waals surface area contributed by atoms with Gasteiger partial charge in [-0.1, -0.05) is 31.0 Å². The van der Waals surface area contributed by atoms with Crippen molar-refractivity contribution >= 4 is 29.3 Å². The van der Waals surface area contributed by atoms with Gasteiger partial charge in [-0.15, -0.1) is 0 Å². The van der Waals surface area contributed by atoms with Gasteiger partial charge in [0.25, 0.3) is 0 Å². The molecule has 0 aliphatic heterocycles. The van der Waals surface area contributed by atoms with E-state index >= 15 is 0 Å². The molecule has 0 aliphatic rings. The van der Waals surface area contributed by atoms with Gasteiger partial charge in [0.15, 0.2) is 0 Å². The second-order valence-corrected chi connectivity index (χ2v) is 4.68. The summed E-state index contributed by atoms with van der Waals surface area (Å²) in [5, 5.41) is 9.32. The number of carbonyl (C=O) groups is 1. The normalized spacial score (nSPS) is 10.9. The number of halogens is 1. The van der Waals surface area contributed by atoms with Crippen LogP contribution in [0.1, 0.15) is 32.3 Å².